The van der Waals surface area contributed by atoms with Crippen LogP contribution in [0.1, 0.15) is 11.8 Å². The molecule has 2 rings (SSSR count). The van der Waals surface area contributed by atoms with E-state index in [-0.39, 0.29) is 5.97 Å². The summed E-state index contributed by atoms with van der Waals surface area (Å²) >= 11 is 1.37. The minimum Gasteiger partial charge on any atom is -0.466 e. The molecule has 0 radical (unpaired) electrons. The molecule has 78 valence electrons. The van der Waals surface area contributed by atoms with Crippen LogP contribution in [0.2, 0.25) is 0 Å². The molecule has 0 N–H and O–H groups in total. The van der Waals surface area contributed by atoms with Crippen molar-refractivity contribution in [3.8, 4) is 0 Å². The predicted molar refractivity (Wildman–Crippen MR) is 60.0 cm³/mol. The molecule has 0 aliphatic carbocycles. The molecule has 0 spiro atoms. The molecule has 1 aromatic carbocycles. The molecule has 0 saturated carbocycles. The largest absolute Gasteiger partial charge is 0.466 e. The number of hydrogen-bond donors (Lipinski definition) is 0. The molecule has 0 saturated heterocycles. The first-order valence-electron chi connectivity index (χ1n) is 4.80. The van der Waals surface area contributed by atoms with Crippen molar-refractivity contribution in [2.24, 2.45) is 0 Å². The Morgan fingerprint density at radius 1 is 1.47 bits per heavy atom. The van der Waals surface area contributed by atoms with Crippen LogP contribution in [0.5, 0.6) is 0 Å². The maximum atomic E-state index is 11.3. The van der Waals surface area contributed by atoms with Gasteiger partial charge >= 0.3 is 5.97 Å². The summed E-state index contributed by atoms with van der Waals surface area (Å²) in [5.74, 6) is -0.188. The van der Waals surface area contributed by atoms with Crippen molar-refractivity contribution >= 4 is 28.4 Å². The van der Waals surface area contributed by atoms with E-state index in [1.165, 1.54) is 11.5 Å². The molecule has 0 unspecified atom stereocenters. The van der Waals surface area contributed by atoms with Crippen LogP contribution in [0.25, 0.3) is 10.9 Å². The Hall–Kier alpha value is -1.42. The monoisotopic (exact) mass is 221 g/mol. The zero-order chi connectivity index (χ0) is 10.7. The summed E-state index contributed by atoms with van der Waals surface area (Å²) in [5, 5.41) is 1.05. The number of ether oxygens (including phenoxy) is 1. The van der Waals surface area contributed by atoms with Crippen molar-refractivity contribution in [1.82, 2.24) is 4.37 Å². The van der Waals surface area contributed by atoms with Gasteiger partial charge in [0.05, 0.1) is 18.5 Å². The quantitative estimate of drug-likeness (QED) is 0.747. The molecule has 15 heavy (non-hydrogen) atoms. The van der Waals surface area contributed by atoms with Crippen molar-refractivity contribution in [3.05, 3.63) is 29.1 Å². The summed E-state index contributed by atoms with van der Waals surface area (Å²) in [6.45, 7) is 2.23. The third-order valence-electron chi connectivity index (χ3n) is 2.07. The van der Waals surface area contributed by atoms with Gasteiger partial charge in [-0.1, -0.05) is 18.2 Å². The third kappa shape index (κ3) is 2.15. The first-order valence-corrected chi connectivity index (χ1v) is 5.57. The Labute approximate surface area is 91.8 Å². The fourth-order valence-electron chi connectivity index (χ4n) is 1.41. The minimum absolute atomic E-state index is 0.188. The van der Waals surface area contributed by atoms with E-state index in [2.05, 4.69) is 4.37 Å². The summed E-state index contributed by atoms with van der Waals surface area (Å²) in [4.78, 5) is 12.3. The van der Waals surface area contributed by atoms with Gasteiger partial charge in [-0.15, -0.1) is 0 Å². The SMILES string of the molecule is CCOC(=O)Cc1snc2ccccc12. The van der Waals surface area contributed by atoms with E-state index in [1.807, 2.05) is 31.2 Å². The minimum atomic E-state index is -0.188. The number of rotatable bonds is 3. The number of carbonyl (C=O) groups excluding carboxylic acids is 1. The van der Waals surface area contributed by atoms with Gasteiger partial charge in [-0.05, 0) is 24.5 Å². The van der Waals surface area contributed by atoms with E-state index in [1.54, 1.807) is 0 Å². The summed E-state index contributed by atoms with van der Waals surface area (Å²) < 4.78 is 9.17. The number of fused-ring (bicyclic) bond motifs is 1. The van der Waals surface area contributed by atoms with Crippen molar-refractivity contribution in [2.75, 3.05) is 6.61 Å². The highest BCUT2D eigenvalue weighted by Crippen LogP contribution is 2.22. The van der Waals surface area contributed by atoms with E-state index in [9.17, 15) is 4.79 Å². The Balaban J connectivity index is 2.25. The Morgan fingerprint density at radius 3 is 3.07 bits per heavy atom. The zero-order valence-corrected chi connectivity index (χ0v) is 9.21. The lowest BCUT2D eigenvalue weighted by atomic mass is 10.2. The van der Waals surface area contributed by atoms with Crippen molar-refractivity contribution in [2.45, 2.75) is 13.3 Å². The van der Waals surface area contributed by atoms with Gasteiger partial charge in [0.2, 0.25) is 0 Å². The molecule has 3 nitrogen and oxygen atoms in total. The lowest BCUT2D eigenvalue weighted by Crippen LogP contribution is -2.06. The number of esters is 1. The average molecular weight is 221 g/mol. The van der Waals surface area contributed by atoms with Gasteiger partial charge in [0, 0.05) is 10.3 Å². The summed E-state index contributed by atoms with van der Waals surface area (Å²) in [6.07, 6.45) is 0.318. The van der Waals surface area contributed by atoms with Gasteiger partial charge < -0.3 is 4.74 Å². The third-order valence-corrected chi connectivity index (χ3v) is 2.94. The Morgan fingerprint density at radius 2 is 2.27 bits per heavy atom. The van der Waals surface area contributed by atoms with Crippen LogP contribution in [0.4, 0.5) is 0 Å². The van der Waals surface area contributed by atoms with Crippen molar-refractivity contribution in [1.29, 1.82) is 0 Å². The fourth-order valence-corrected chi connectivity index (χ4v) is 2.23. The first-order chi connectivity index (χ1) is 7.31. The standard InChI is InChI=1S/C11H11NO2S/c1-2-14-11(13)7-10-8-5-3-4-6-9(8)12-15-10/h3-6H,2,7H2,1H3. The lowest BCUT2D eigenvalue weighted by Gasteiger charge is -1.99. The van der Waals surface area contributed by atoms with E-state index < -0.39 is 0 Å². The van der Waals surface area contributed by atoms with Crippen LogP contribution in [0.3, 0.4) is 0 Å². The number of hydrogen-bond acceptors (Lipinski definition) is 4. The molecule has 1 heterocycles. The smallest absolute Gasteiger partial charge is 0.311 e. The van der Waals surface area contributed by atoms with Crippen LogP contribution in [0, 0.1) is 0 Å². The molecule has 0 fully saturated rings. The highest BCUT2D eigenvalue weighted by Gasteiger charge is 2.10. The molecule has 0 amide bonds. The normalized spacial score (nSPS) is 10.5. The van der Waals surface area contributed by atoms with E-state index >= 15 is 0 Å². The average Bonchev–Trinajstić information content (AvgIpc) is 2.62. The molecule has 0 aliphatic heterocycles. The second-order valence-corrected chi connectivity index (χ2v) is 3.96. The van der Waals surface area contributed by atoms with E-state index in [4.69, 9.17) is 4.74 Å². The van der Waals surface area contributed by atoms with Crippen LogP contribution >= 0.6 is 11.5 Å². The first kappa shape index (κ1) is 10.1. The van der Waals surface area contributed by atoms with Crippen LogP contribution in [-0.2, 0) is 16.0 Å². The molecular weight excluding hydrogens is 210 g/mol. The number of aromatic nitrogens is 1. The van der Waals surface area contributed by atoms with Crippen molar-refractivity contribution in [3.63, 3.8) is 0 Å². The van der Waals surface area contributed by atoms with Gasteiger partial charge in [-0.3, -0.25) is 4.79 Å². The van der Waals surface area contributed by atoms with Crippen LogP contribution in [-0.4, -0.2) is 16.9 Å². The van der Waals surface area contributed by atoms with Crippen molar-refractivity contribution < 1.29 is 9.53 Å². The van der Waals surface area contributed by atoms with Gasteiger partial charge in [0.25, 0.3) is 0 Å². The van der Waals surface area contributed by atoms with Crippen LogP contribution < -0.4 is 0 Å². The second-order valence-electron chi connectivity index (χ2n) is 3.10. The maximum absolute atomic E-state index is 11.3. The van der Waals surface area contributed by atoms with Crippen LogP contribution in [0.15, 0.2) is 24.3 Å². The molecule has 1 aromatic heterocycles. The van der Waals surface area contributed by atoms with Gasteiger partial charge in [0.15, 0.2) is 0 Å². The van der Waals surface area contributed by atoms with Gasteiger partial charge in [0.1, 0.15) is 0 Å². The number of carbonyl (C=O) groups is 1. The van der Waals surface area contributed by atoms with Gasteiger partial charge in [-0.2, -0.15) is 4.37 Å². The topological polar surface area (TPSA) is 39.2 Å². The summed E-state index contributed by atoms with van der Waals surface area (Å²) in [5.41, 5.74) is 0.946. The Kier molecular flexibility index (Phi) is 2.97. The summed E-state index contributed by atoms with van der Waals surface area (Å²) in [7, 11) is 0. The molecule has 0 bridgehead atoms. The van der Waals surface area contributed by atoms with Gasteiger partial charge in [-0.25, -0.2) is 0 Å². The summed E-state index contributed by atoms with van der Waals surface area (Å²) in [6, 6.07) is 7.81. The Bertz CT molecular complexity index is 478. The zero-order valence-electron chi connectivity index (χ0n) is 8.40. The molecule has 2 aromatic rings. The molecular formula is C11H11NO2S. The number of benzene rings is 1. The molecule has 0 atom stereocenters. The molecule has 0 aliphatic rings. The lowest BCUT2D eigenvalue weighted by molar-refractivity contribution is -0.142. The number of nitrogens with zero attached hydrogens (tertiary/aromatic N) is 1. The highest BCUT2D eigenvalue weighted by atomic mass is 32.1. The van der Waals surface area contributed by atoms with E-state index in [0.29, 0.717) is 13.0 Å². The fraction of sp³-hybridized carbons (Fsp3) is 0.273. The predicted octanol–water partition coefficient (Wildman–Crippen LogP) is 2.40. The van der Waals surface area contributed by atoms with E-state index in [0.717, 1.165) is 15.8 Å². The maximum Gasteiger partial charge on any atom is 0.311 e. The highest BCUT2D eigenvalue weighted by molar-refractivity contribution is 7.07. The second kappa shape index (κ2) is 4.40. The molecule has 4 heteroatoms.